The van der Waals surface area contributed by atoms with Crippen LogP contribution in [0.1, 0.15) is 5.56 Å². The third-order valence-corrected chi connectivity index (χ3v) is 6.39. The lowest BCUT2D eigenvalue weighted by molar-refractivity contribution is -0.109. The highest BCUT2D eigenvalue weighted by atomic mass is 32.1. The number of ether oxygens (including phenoxy) is 2. The molecule has 3 N–H and O–H groups in total. The molecule has 1 aliphatic rings. The third-order valence-electron chi connectivity index (χ3n) is 5.23. The van der Waals surface area contributed by atoms with Gasteiger partial charge in [0.2, 0.25) is 0 Å². The summed E-state index contributed by atoms with van der Waals surface area (Å²) in [5.74, 6) is 0.108. The number of nitrogens with two attached hydrogens (primary N) is 1. The van der Waals surface area contributed by atoms with Crippen LogP contribution in [-0.4, -0.2) is 46.0 Å². The lowest BCUT2D eigenvalue weighted by Crippen LogP contribution is -2.44. The van der Waals surface area contributed by atoms with Crippen molar-refractivity contribution in [3.05, 3.63) is 66.2 Å². The van der Waals surface area contributed by atoms with E-state index >= 15 is 0 Å². The molecule has 4 heterocycles. The second-order valence-corrected chi connectivity index (χ2v) is 8.56. The van der Waals surface area contributed by atoms with Crippen molar-refractivity contribution in [2.24, 2.45) is 0 Å². The molecule has 0 amide bonds. The van der Waals surface area contributed by atoms with Crippen LogP contribution in [0.3, 0.4) is 0 Å². The molecule has 5 rings (SSSR count). The van der Waals surface area contributed by atoms with Crippen LogP contribution in [0.5, 0.6) is 11.5 Å². The number of benzene rings is 1. The lowest BCUT2D eigenvalue weighted by Gasteiger charge is -2.31. The number of hydrogen-bond donors (Lipinski definition) is 2. The molecule has 7 nitrogen and oxygen atoms in total. The SMILES string of the molecule is Nc1ccc(Oc2ccnc3cc(-c4ccc(CN5CCOCC5O)cn4)sc23)c(F)c1. The Balaban J connectivity index is 1.38. The van der Waals surface area contributed by atoms with E-state index in [0.717, 1.165) is 26.4 Å². The molecular formula is C23H21FN4O3S. The van der Waals surface area contributed by atoms with Gasteiger partial charge in [-0.25, -0.2) is 4.39 Å². The molecular weight excluding hydrogens is 431 g/mol. The maximum absolute atomic E-state index is 14.2. The molecule has 0 radical (unpaired) electrons. The molecule has 1 aliphatic heterocycles. The van der Waals surface area contributed by atoms with E-state index in [1.807, 2.05) is 29.3 Å². The van der Waals surface area contributed by atoms with E-state index in [0.29, 0.717) is 37.7 Å². The first-order valence-electron chi connectivity index (χ1n) is 10.1. The fraction of sp³-hybridized carbons (Fsp3) is 0.217. The zero-order valence-corrected chi connectivity index (χ0v) is 17.9. The number of aliphatic hydroxyl groups is 1. The van der Waals surface area contributed by atoms with E-state index in [1.165, 1.54) is 23.5 Å². The van der Waals surface area contributed by atoms with Gasteiger partial charge in [-0.15, -0.1) is 11.3 Å². The molecule has 164 valence electrons. The summed E-state index contributed by atoms with van der Waals surface area (Å²) in [4.78, 5) is 11.9. The monoisotopic (exact) mass is 452 g/mol. The number of fused-ring (bicyclic) bond motifs is 1. The van der Waals surface area contributed by atoms with Gasteiger partial charge in [0.05, 0.1) is 34.0 Å². The standard InChI is InChI=1S/C23H21FN4O3S/c24-16-9-15(25)2-4-19(16)31-20-5-6-26-18-10-21(32-23(18)20)17-3-1-14(11-27-17)12-28-7-8-30-13-22(28)29/h1-6,9-11,22,29H,7-8,12-13,25H2. The summed E-state index contributed by atoms with van der Waals surface area (Å²) in [7, 11) is 0. The molecule has 1 fully saturated rings. The highest BCUT2D eigenvalue weighted by Crippen LogP contribution is 2.39. The topological polar surface area (TPSA) is 93.7 Å². The van der Waals surface area contributed by atoms with Crippen LogP contribution in [0.4, 0.5) is 10.1 Å². The van der Waals surface area contributed by atoms with Gasteiger partial charge in [-0.2, -0.15) is 0 Å². The Morgan fingerprint density at radius 2 is 2.09 bits per heavy atom. The van der Waals surface area contributed by atoms with E-state index in [1.54, 1.807) is 18.3 Å². The van der Waals surface area contributed by atoms with Crippen LogP contribution in [0, 0.1) is 5.82 Å². The number of hydrogen-bond acceptors (Lipinski definition) is 8. The van der Waals surface area contributed by atoms with Crippen LogP contribution in [-0.2, 0) is 11.3 Å². The van der Waals surface area contributed by atoms with Crippen molar-refractivity contribution < 1.29 is 19.0 Å². The minimum absolute atomic E-state index is 0.106. The van der Waals surface area contributed by atoms with Gasteiger partial charge in [0.1, 0.15) is 12.0 Å². The summed E-state index contributed by atoms with van der Waals surface area (Å²) in [6.45, 7) is 2.23. The molecule has 3 aromatic heterocycles. The Morgan fingerprint density at radius 3 is 2.88 bits per heavy atom. The van der Waals surface area contributed by atoms with E-state index in [2.05, 4.69) is 9.97 Å². The van der Waals surface area contributed by atoms with Crippen molar-refractivity contribution in [3.63, 3.8) is 0 Å². The van der Waals surface area contributed by atoms with Crippen LogP contribution in [0.2, 0.25) is 0 Å². The zero-order valence-electron chi connectivity index (χ0n) is 17.1. The van der Waals surface area contributed by atoms with Crippen molar-refractivity contribution in [1.82, 2.24) is 14.9 Å². The van der Waals surface area contributed by atoms with E-state index in [4.69, 9.17) is 15.2 Å². The third kappa shape index (κ3) is 4.28. The van der Waals surface area contributed by atoms with Crippen LogP contribution >= 0.6 is 11.3 Å². The molecule has 1 unspecified atom stereocenters. The Hall–Kier alpha value is -3.11. The summed E-state index contributed by atoms with van der Waals surface area (Å²) in [5.41, 5.74) is 8.53. The smallest absolute Gasteiger partial charge is 0.167 e. The number of nitrogen functional groups attached to an aromatic ring is 1. The minimum Gasteiger partial charge on any atom is -0.453 e. The van der Waals surface area contributed by atoms with Gasteiger partial charge < -0.3 is 20.3 Å². The lowest BCUT2D eigenvalue weighted by atomic mass is 10.2. The first-order chi connectivity index (χ1) is 15.6. The summed E-state index contributed by atoms with van der Waals surface area (Å²) in [6.07, 6.45) is 2.85. The number of pyridine rings is 2. The number of aliphatic hydroxyl groups excluding tert-OH is 1. The van der Waals surface area contributed by atoms with Gasteiger partial charge >= 0.3 is 0 Å². The van der Waals surface area contributed by atoms with Crippen LogP contribution in [0.25, 0.3) is 20.8 Å². The maximum atomic E-state index is 14.2. The second kappa shape index (κ2) is 8.79. The van der Waals surface area contributed by atoms with Gasteiger partial charge in [0.25, 0.3) is 0 Å². The van der Waals surface area contributed by atoms with Crippen molar-refractivity contribution in [2.45, 2.75) is 12.8 Å². The average molecular weight is 453 g/mol. The first-order valence-corrected chi connectivity index (χ1v) is 10.9. The zero-order chi connectivity index (χ0) is 22.1. The molecule has 9 heteroatoms. The van der Waals surface area contributed by atoms with Gasteiger partial charge in [0.15, 0.2) is 11.6 Å². The molecule has 4 aromatic rings. The van der Waals surface area contributed by atoms with Gasteiger partial charge in [-0.3, -0.25) is 14.9 Å². The number of morpholine rings is 1. The quantitative estimate of drug-likeness (QED) is 0.442. The Bertz CT molecular complexity index is 1250. The largest absolute Gasteiger partial charge is 0.453 e. The number of anilines is 1. The summed E-state index contributed by atoms with van der Waals surface area (Å²) in [6, 6.07) is 11.9. The maximum Gasteiger partial charge on any atom is 0.167 e. The summed E-state index contributed by atoms with van der Waals surface area (Å²) in [5, 5.41) is 10.0. The molecule has 0 spiro atoms. The highest BCUT2D eigenvalue weighted by molar-refractivity contribution is 7.22. The predicted molar refractivity (Wildman–Crippen MR) is 121 cm³/mol. The van der Waals surface area contributed by atoms with Gasteiger partial charge in [-0.1, -0.05) is 6.07 Å². The Morgan fingerprint density at radius 1 is 1.19 bits per heavy atom. The van der Waals surface area contributed by atoms with Crippen molar-refractivity contribution >= 4 is 27.2 Å². The normalized spacial score (nSPS) is 17.0. The summed E-state index contributed by atoms with van der Waals surface area (Å²) < 4.78 is 26.1. The molecule has 32 heavy (non-hydrogen) atoms. The number of thiophene rings is 1. The minimum atomic E-state index is -0.596. The first kappa shape index (κ1) is 20.8. The van der Waals surface area contributed by atoms with E-state index < -0.39 is 12.0 Å². The molecule has 0 saturated carbocycles. The highest BCUT2D eigenvalue weighted by Gasteiger charge is 2.20. The Kier molecular flexibility index (Phi) is 5.71. The second-order valence-electron chi connectivity index (χ2n) is 7.50. The molecule has 1 aromatic carbocycles. The Labute approximate surface area is 187 Å². The number of rotatable bonds is 5. The average Bonchev–Trinajstić information content (AvgIpc) is 3.23. The van der Waals surface area contributed by atoms with Crippen molar-refractivity contribution in [2.75, 3.05) is 25.5 Å². The molecule has 1 atom stereocenters. The predicted octanol–water partition coefficient (Wildman–Crippen LogP) is 4.02. The molecule has 0 bridgehead atoms. The number of halogens is 1. The molecule has 0 aliphatic carbocycles. The number of aromatic nitrogens is 2. The summed E-state index contributed by atoms with van der Waals surface area (Å²) >= 11 is 1.48. The number of nitrogens with zero attached hydrogens (tertiary/aromatic N) is 3. The fourth-order valence-corrected chi connectivity index (χ4v) is 4.59. The van der Waals surface area contributed by atoms with Gasteiger partial charge in [-0.05, 0) is 29.8 Å². The van der Waals surface area contributed by atoms with Crippen molar-refractivity contribution in [1.29, 1.82) is 0 Å². The van der Waals surface area contributed by atoms with Gasteiger partial charge in [0, 0.05) is 43.3 Å². The van der Waals surface area contributed by atoms with E-state index in [9.17, 15) is 9.50 Å². The van der Waals surface area contributed by atoms with E-state index in [-0.39, 0.29) is 5.75 Å². The van der Waals surface area contributed by atoms with Crippen LogP contribution < -0.4 is 10.5 Å². The fourth-order valence-electron chi connectivity index (χ4n) is 3.55. The van der Waals surface area contributed by atoms with Crippen molar-refractivity contribution in [3.8, 4) is 22.1 Å². The molecule has 1 saturated heterocycles. The van der Waals surface area contributed by atoms with Crippen LogP contribution in [0.15, 0.2) is 54.9 Å².